The molecule has 1 aromatic carbocycles. The van der Waals surface area contributed by atoms with Crippen LogP contribution in [0, 0.1) is 5.41 Å². The summed E-state index contributed by atoms with van der Waals surface area (Å²) < 4.78 is 5.28. The van der Waals surface area contributed by atoms with Gasteiger partial charge in [0.1, 0.15) is 11.6 Å². The number of ether oxygens (including phenoxy) is 1. The van der Waals surface area contributed by atoms with Crippen molar-refractivity contribution in [2.24, 2.45) is 5.41 Å². The first-order chi connectivity index (χ1) is 22.9. The fraction of sp³-hybridized carbons (Fsp3) is 0.667. The normalized spacial score (nSPS) is 18.2. The Morgan fingerprint density at radius 1 is 1.00 bits per heavy atom. The van der Waals surface area contributed by atoms with Gasteiger partial charge in [-0.2, -0.15) is 0 Å². The van der Waals surface area contributed by atoms with Gasteiger partial charge in [0.05, 0.1) is 6.04 Å². The predicted molar refractivity (Wildman–Crippen MR) is 186 cm³/mol. The minimum atomic E-state index is -0.825. The first-order valence-electron chi connectivity index (χ1n) is 17.3. The summed E-state index contributed by atoms with van der Waals surface area (Å²) in [6.45, 7) is 17.1. The third kappa shape index (κ3) is 14.1. The van der Waals surface area contributed by atoms with Crippen LogP contribution in [0.15, 0.2) is 24.3 Å². The number of carbonyl (C=O) groups is 6. The predicted octanol–water partition coefficient (Wildman–Crippen LogP) is 4.41. The summed E-state index contributed by atoms with van der Waals surface area (Å²) >= 11 is 0. The third-order valence-corrected chi connectivity index (χ3v) is 8.31. The van der Waals surface area contributed by atoms with Gasteiger partial charge in [-0.3, -0.25) is 19.2 Å². The molecule has 1 aromatic rings. The number of fused-ring (bicyclic) bond motifs is 1. The molecule has 4 rings (SSSR count). The van der Waals surface area contributed by atoms with Crippen LogP contribution in [-0.2, 0) is 36.9 Å². The first kappa shape index (κ1) is 41.0. The minimum absolute atomic E-state index is 0.0154. The average Bonchev–Trinajstić information content (AvgIpc) is 3.73. The van der Waals surface area contributed by atoms with Crippen LogP contribution in [0.2, 0.25) is 0 Å². The summed E-state index contributed by atoms with van der Waals surface area (Å²) in [6.07, 6.45) is 5.11. The Labute approximate surface area is 290 Å². The van der Waals surface area contributed by atoms with Gasteiger partial charge in [-0.1, -0.05) is 58.4 Å². The van der Waals surface area contributed by atoms with Crippen molar-refractivity contribution in [1.82, 2.24) is 25.8 Å². The van der Waals surface area contributed by atoms with Crippen LogP contribution in [0.3, 0.4) is 0 Å². The van der Waals surface area contributed by atoms with Crippen molar-refractivity contribution in [2.75, 3.05) is 13.1 Å². The van der Waals surface area contributed by atoms with Gasteiger partial charge in [-0.05, 0) is 82.8 Å². The number of rotatable bonds is 9. The monoisotopic (exact) mass is 687 g/mol. The molecule has 5 amide bonds. The smallest absolute Gasteiger partial charge is 0.408 e. The van der Waals surface area contributed by atoms with Crippen molar-refractivity contribution in [3.05, 3.63) is 35.4 Å². The first-order valence-corrected chi connectivity index (χ1v) is 17.3. The van der Waals surface area contributed by atoms with Crippen LogP contribution in [0.1, 0.15) is 105 Å². The van der Waals surface area contributed by atoms with Gasteiger partial charge in [0, 0.05) is 31.7 Å². The second-order valence-electron chi connectivity index (χ2n) is 14.9. The van der Waals surface area contributed by atoms with Crippen molar-refractivity contribution in [2.45, 2.75) is 137 Å². The second-order valence-corrected chi connectivity index (χ2v) is 14.9. The van der Waals surface area contributed by atoms with Gasteiger partial charge in [0.15, 0.2) is 0 Å². The zero-order valence-corrected chi connectivity index (χ0v) is 30.5. The molecule has 13 nitrogen and oxygen atoms in total. The molecule has 1 saturated carbocycles. The van der Waals surface area contributed by atoms with Crippen molar-refractivity contribution in [3.63, 3.8) is 0 Å². The Balaban J connectivity index is 0.000000263. The molecule has 274 valence electrons. The number of hydrogen-bond acceptors (Lipinski definition) is 7. The fourth-order valence-corrected chi connectivity index (χ4v) is 5.46. The van der Waals surface area contributed by atoms with Crippen LogP contribution >= 0.6 is 0 Å². The van der Waals surface area contributed by atoms with Crippen molar-refractivity contribution in [1.29, 1.82) is 0 Å². The molecule has 3 aliphatic rings. The molecule has 0 spiro atoms. The molecule has 2 unspecified atom stereocenters. The van der Waals surface area contributed by atoms with E-state index in [1.54, 1.807) is 0 Å². The summed E-state index contributed by atoms with van der Waals surface area (Å²) in [5, 5.41) is 16.5. The number of benzene rings is 1. The van der Waals surface area contributed by atoms with Crippen LogP contribution < -0.4 is 16.0 Å². The SMILES string of the molecule is CC1CCCN1C(=O)[C@@H](NC(=O)OC(C)(C)C)C(C)(C)C.CCCC(NC=O)C(=O)C(=O)NC1CC1.O=C(O)N1CCc2ccccc2C1. The maximum Gasteiger partial charge on any atom is 0.408 e. The number of nitrogens with one attached hydrogen (secondary N) is 3. The van der Waals surface area contributed by atoms with Gasteiger partial charge in [-0.25, -0.2) is 9.59 Å². The van der Waals surface area contributed by atoms with E-state index in [2.05, 4.69) is 28.9 Å². The Bertz CT molecular complexity index is 1300. The molecule has 1 saturated heterocycles. The Morgan fingerprint density at radius 3 is 2.12 bits per heavy atom. The van der Waals surface area contributed by atoms with Crippen molar-refractivity contribution < 1.29 is 38.6 Å². The summed E-state index contributed by atoms with van der Waals surface area (Å²) in [4.78, 5) is 72.0. The van der Waals surface area contributed by atoms with Gasteiger partial charge in [0.2, 0.25) is 18.1 Å². The second kappa shape index (κ2) is 18.6. The molecule has 4 N–H and O–H groups in total. The van der Waals surface area contributed by atoms with E-state index in [9.17, 15) is 28.8 Å². The van der Waals surface area contributed by atoms with E-state index in [0.29, 0.717) is 25.9 Å². The maximum absolute atomic E-state index is 12.8. The Kier molecular flexibility index (Phi) is 15.5. The van der Waals surface area contributed by atoms with E-state index in [-0.39, 0.29) is 23.4 Å². The number of hydrogen-bond donors (Lipinski definition) is 4. The number of ketones is 1. The molecule has 0 radical (unpaired) electrons. The zero-order chi connectivity index (χ0) is 36.9. The number of nitrogens with zero attached hydrogens (tertiary/aromatic N) is 2. The molecule has 2 aliphatic heterocycles. The zero-order valence-electron chi connectivity index (χ0n) is 30.5. The lowest BCUT2D eigenvalue weighted by Gasteiger charge is -2.35. The number of alkyl carbamates (subject to hydrolysis) is 1. The number of likely N-dealkylation sites (tertiary alicyclic amines) is 1. The largest absolute Gasteiger partial charge is 0.465 e. The van der Waals surface area contributed by atoms with E-state index >= 15 is 0 Å². The summed E-state index contributed by atoms with van der Waals surface area (Å²) in [5.41, 5.74) is 1.48. The molecule has 0 bridgehead atoms. The van der Waals surface area contributed by atoms with Gasteiger partial charge in [0.25, 0.3) is 5.91 Å². The van der Waals surface area contributed by atoms with Crippen LogP contribution in [0.25, 0.3) is 0 Å². The van der Waals surface area contributed by atoms with Crippen LogP contribution in [0.5, 0.6) is 0 Å². The Morgan fingerprint density at radius 2 is 1.63 bits per heavy atom. The van der Waals surface area contributed by atoms with E-state index in [4.69, 9.17) is 9.84 Å². The number of carbonyl (C=O) groups excluding carboxylic acids is 5. The highest BCUT2D eigenvalue weighted by atomic mass is 16.6. The Hall–Kier alpha value is -4.16. The fourth-order valence-electron chi connectivity index (χ4n) is 5.46. The highest BCUT2D eigenvalue weighted by molar-refractivity contribution is 6.38. The summed E-state index contributed by atoms with van der Waals surface area (Å²) in [7, 11) is 0. The molecular formula is C36H57N5O8. The lowest BCUT2D eigenvalue weighted by Crippen LogP contribution is -2.56. The number of amides is 5. The van der Waals surface area contributed by atoms with E-state index in [1.165, 1.54) is 10.5 Å². The van der Waals surface area contributed by atoms with Gasteiger partial charge in [-0.15, -0.1) is 0 Å². The lowest BCUT2D eigenvalue weighted by molar-refractivity contribution is -0.139. The van der Waals surface area contributed by atoms with Crippen LogP contribution in [0.4, 0.5) is 9.59 Å². The van der Waals surface area contributed by atoms with E-state index < -0.39 is 41.6 Å². The number of carboxylic acid groups (broad SMARTS) is 1. The number of Topliss-reactive ketones (excluding diaryl/α,β-unsaturated/α-hetero) is 1. The molecule has 0 aromatic heterocycles. The van der Waals surface area contributed by atoms with Crippen molar-refractivity contribution >= 4 is 36.2 Å². The summed E-state index contributed by atoms with van der Waals surface area (Å²) in [5.74, 6) is -1.14. The molecule has 1 aliphatic carbocycles. The standard InChI is InChI=1S/C16H30N2O3.C10H16N2O3.C10H11NO2/c1-11-9-8-10-18(11)13(19)12(15(2,3)4)17-14(20)21-16(5,6)7;1-2-3-8(11-6-13)9(14)10(15)12-7-4-5-7;12-10(13)11-6-5-8-3-1-2-4-9(8)7-11/h11-12H,8-10H2,1-7H3,(H,17,20);6-8H,2-5H2,1H3,(H,11,13)(H,12,15);1-4H,5-7H2,(H,12,13)/t11?,12-;;/m1../s1. The lowest BCUT2D eigenvalue weighted by atomic mass is 9.85. The summed E-state index contributed by atoms with van der Waals surface area (Å²) in [6, 6.07) is 7.15. The average molecular weight is 688 g/mol. The molecule has 13 heteroatoms. The maximum atomic E-state index is 12.8. The van der Waals surface area contributed by atoms with E-state index in [0.717, 1.165) is 50.6 Å². The minimum Gasteiger partial charge on any atom is -0.465 e. The molecule has 3 atom stereocenters. The molecule has 2 heterocycles. The van der Waals surface area contributed by atoms with Gasteiger partial charge < -0.3 is 35.6 Å². The quantitative estimate of drug-likeness (QED) is 0.218. The van der Waals surface area contributed by atoms with E-state index in [1.807, 2.05) is 71.6 Å². The molecular weight excluding hydrogens is 630 g/mol. The molecule has 49 heavy (non-hydrogen) atoms. The third-order valence-electron chi connectivity index (χ3n) is 8.31. The highest BCUT2D eigenvalue weighted by Crippen LogP contribution is 2.26. The van der Waals surface area contributed by atoms with Crippen LogP contribution in [-0.4, -0.2) is 94.0 Å². The highest BCUT2D eigenvalue weighted by Gasteiger charge is 2.39. The van der Waals surface area contributed by atoms with Crippen molar-refractivity contribution in [3.8, 4) is 0 Å². The topological polar surface area (TPSA) is 174 Å². The molecule has 2 fully saturated rings. The van der Waals surface area contributed by atoms with Gasteiger partial charge >= 0.3 is 12.2 Å².